The predicted molar refractivity (Wildman–Crippen MR) is 123 cm³/mol. The van der Waals surface area contributed by atoms with Gasteiger partial charge in [0.05, 0.1) is 32.2 Å². The van der Waals surface area contributed by atoms with Crippen LogP contribution in [0.15, 0.2) is 0 Å². The molecule has 0 aliphatic carbocycles. The van der Waals surface area contributed by atoms with Crippen molar-refractivity contribution < 1.29 is 14.4 Å². The van der Waals surface area contributed by atoms with Gasteiger partial charge in [0.1, 0.15) is 6.23 Å². The molecule has 0 amide bonds. The molecule has 4 N–H and O–H groups in total. The van der Waals surface area contributed by atoms with Crippen LogP contribution in [-0.2, 0) is 4.74 Å². The lowest BCUT2D eigenvalue weighted by Gasteiger charge is -2.42. The van der Waals surface area contributed by atoms with Gasteiger partial charge >= 0.3 is 0 Å². The van der Waals surface area contributed by atoms with Gasteiger partial charge in [-0.3, -0.25) is 20.1 Å². The predicted octanol–water partition coefficient (Wildman–Crippen LogP) is 0.728. The van der Waals surface area contributed by atoms with Gasteiger partial charge in [-0.15, -0.1) is 0 Å². The van der Waals surface area contributed by atoms with E-state index in [-0.39, 0.29) is 12.8 Å². The standard InChI is InChI=1S/C23H45N6O2/c1-4-18-16-26-29-20(24-14-17-8-9-21(31-3)25-15-17)13-22(27(2)23(18)29)28-11-6-5-7-19(28)10-12-30/h17-21,23-26,30H,4-16H2,1-3H3/q+1/t17?,18?,19-,20?,21?,23?/m0/s1. The molecule has 178 valence electrons. The number of hydrazine groups is 1. The minimum Gasteiger partial charge on any atom is -0.396 e. The SMILES string of the molecule is CCC1CNN2C(NCC3CCC(OC)NC3)CC(N3CCCC[C@H]3CCO)=[N+](C)C12. The molecule has 3 saturated heterocycles. The van der Waals surface area contributed by atoms with Gasteiger partial charge in [-0.25, -0.2) is 5.43 Å². The van der Waals surface area contributed by atoms with Crippen molar-refractivity contribution >= 4 is 5.84 Å². The monoisotopic (exact) mass is 437 g/mol. The minimum atomic E-state index is 0.219. The lowest BCUT2D eigenvalue weighted by atomic mass is 9.96. The van der Waals surface area contributed by atoms with Crippen molar-refractivity contribution in [3.63, 3.8) is 0 Å². The molecule has 4 rings (SSSR count). The summed E-state index contributed by atoms with van der Waals surface area (Å²) in [6, 6.07) is 0.478. The Hall–Kier alpha value is -0.770. The zero-order valence-electron chi connectivity index (χ0n) is 19.9. The number of likely N-dealkylation sites (tertiary alicyclic amines) is 1. The summed E-state index contributed by atoms with van der Waals surface area (Å²) in [7, 11) is 4.08. The molecule has 4 aliphatic rings. The van der Waals surface area contributed by atoms with Crippen molar-refractivity contribution in [1.29, 1.82) is 0 Å². The zero-order valence-corrected chi connectivity index (χ0v) is 19.9. The summed E-state index contributed by atoms with van der Waals surface area (Å²) < 4.78 is 8.00. The number of fused-ring (bicyclic) bond motifs is 1. The van der Waals surface area contributed by atoms with E-state index >= 15 is 0 Å². The second-order valence-electron chi connectivity index (χ2n) is 9.94. The highest BCUT2D eigenvalue weighted by molar-refractivity contribution is 5.79. The smallest absolute Gasteiger partial charge is 0.251 e. The van der Waals surface area contributed by atoms with Gasteiger partial charge in [0.15, 0.2) is 6.17 Å². The average molecular weight is 438 g/mol. The Morgan fingerprint density at radius 1 is 1.23 bits per heavy atom. The molecule has 0 saturated carbocycles. The van der Waals surface area contributed by atoms with Gasteiger partial charge in [-0.2, -0.15) is 5.01 Å². The highest BCUT2D eigenvalue weighted by Gasteiger charge is 2.48. The molecule has 8 nitrogen and oxygen atoms in total. The van der Waals surface area contributed by atoms with Gasteiger partial charge < -0.3 is 9.84 Å². The van der Waals surface area contributed by atoms with E-state index in [1.165, 1.54) is 37.9 Å². The first-order valence-corrected chi connectivity index (χ1v) is 12.6. The topological polar surface area (TPSA) is 75.0 Å². The first kappa shape index (κ1) is 23.4. The second-order valence-corrected chi connectivity index (χ2v) is 9.94. The van der Waals surface area contributed by atoms with E-state index in [1.807, 2.05) is 0 Å². The van der Waals surface area contributed by atoms with E-state index in [1.54, 1.807) is 7.11 Å². The molecule has 8 heteroatoms. The number of ether oxygens (including phenoxy) is 1. The van der Waals surface area contributed by atoms with Gasteiger partial charge in [0.2, 0.25) is 0 Å². The summed E-state index contributed by atoms with van der Waals surface area (Å²) in [5.41, 5.74) is 3.73. The molecule has 0 aromatic rings. The molecule has 3 fully saturated rings. The van der Waals surface area contributed by atoms with E-state index in [0.29, 0.717) is 30.2 Å². The normalized spacial score (nSPS) is 37.4. The molecule has 0 aromatic carbocycles. The van der Waals surface area contributed by atoms with Crippen LogP contribution in [0.2, 0.25) is 0 Å². The maximum absolute atomic E-state index is 9.65. The van der Waals surface area contributed by atoms with Gasteiger partial charge in [0.25, 0.3) is 5.84 Å². The molecular weight excluding hydrogens is 392 g/mol. The first-order valence-electron chi connectivity index (χ1n) is 12.6. The largest absolute Gasteiger partial charge is 0.396 e. The van der Waals surface area contributed by atoms with Crippen molar-refractivity contribution in [1.82, 2.24) is 26.0 Å². The summed E-state index contributed by atoms with van der Waals surface area (Å²) in [6.45, 7) is 6.83. The molecule has 4 aliphatic heterocycles. The Bertz CT molecular complexity index is 607. The van der Waals surface area contributed by atoms with E-state index in [4.69, 9.17) is 4.74 Å². The molecule has 0 aromatic heterocycles. The van der Waals surface area contributed by atoms with Gasteiger partial charge in [-0.05, 0) is 44.4 Å². The Morgan fingerprint density at radius 3 is 2.81 bits per heavy atom. The number of piperidine rings is 2. The van der Waals surface area contributed by atoms with Crippen LogP contribution in [-0.4, -0.2) is 97.0 Å². The quantitative estimate of drug-likeness (QED) is 0.438. The van der Waals surface area contributed by atoms with Crippen LogP contribution in [0, 0.1) is 11.8 Å². The lowest BCUT2D eigenvalue weighted by molar-refractivity contribution is -0.585. The van der Waals surface area contributed by atoms with E-state index in [9.17, 15) is 5.11 Å². The van der Waals surface area contributed by atoms with Gasteiger partial charge in [0, 0.05) is 45.7 Å². The zero-order chi connectivity index (χ0) is 21.8. The van der Waals surface area contributed by atoms with Crippen molar-refractivity contribution in [3.8, 4) is 0 Å². The van der Waals surface area contributed by atoms with Crippen molar-refractivity contribution in [2.45, 2.75) is 82.9 Å². The number of hydrogen-bond donors (Lipinski definition) is 4. The van der Waals surface area contributed by atoms with Crippen molar-refractivity contribution in [2.75, 3.05) is 46.9 Å². The van der Waals surface area contributed by atoms with Crippen LogP contribution in [0.5, 0.6) is 0 Å². The highest BCUT2D eigenvalue weighted by atomic mass is 16.5. The third-order valence-corrected chi connectivity index (χ3v) is 8.10. The maximum atomic E-state index is 9.65. The van der Waals surface area contributed by atoms with Crippen molar-refractivity contribution in [3.05, 3.63) is 0 Å². The summed E-state index contributed by atoms with van der Waals surface area (Å²) in [4.78, 5) is 2.64. The molecule has 5 unspecified atom stereocenters. The molecule has 0 bridgehead atoms. The Balaban J connectivity index is 1.48. The van der Waals surface area contributed by atoms with Crippen LogP contribution in [0.4, 0.5) is 0 Å². The van der Waals surface area contributed by atoms with Crippen LogP contribution >= 0.6 is 0 Å². The molecule has 0 radical (unpaired) electrons. The van der Waals surface area contributed by atoms with Crippen LogP contribution in [0.3, 0.4) is 0 Å². The van der Waals surface area contributed by atoms with E-state index in [2.05, 4.69) is 44.5 Å². The number of nitrogens with one attached hydrogen (secondary N) is 3. The number of nitrogens with zero attached hydrogens (tertiary/aromatic N) is 3. The van der Waals surface area contributed by atoms with Crippen LogP contribution in [0.1, 0.15) is 58.3 Å². The second kappa shape index (κ2) is 10.9. The average Bonchev–Trinajstić information content (AvgIpc) is 3.25. The first-order chi connectivity index (χ1) is 15.2. The van der Waals surface area contributed by atoms with Crippen LogP contribution < -0.4 is 16.1 Å². The summed E-state index contributed by atoms with van der Waals surface area (Å²) in [6.07, 6.45) is 10.0. The molecule has 31 heavy (non-hydrogen) atoms. The number of amidine groups is 1. The van der Waals surface area contributed by atoms with Crippen molar-refractivity contribution in [2.24, 2.45) is 11.8 Å². The van der Waals surface area contributed by atoms with E-state index in [0.717, 1.165) is 45.4 Å². The highest BCUT2D eigenvalue weighted by Crippen LogP contribution is 2.30. The number of hydrogen-bond acceptors (Lipinski definition) is 7. The summed E-state index contributed by atoms with van der Waals surface area (Å²) >= 11 is 0. The molecule has 0 spiro atoms. The molecular formula is C23H45N6O2+. The number of aliphatic hydroxyl groups is 1. The van der Waals surface area contributed by atoms with Gasteiger partial charge in [-0.1, -0.05) is 6.92 Å². The lowest BCUT2D eigenvalue weighted by Crippen LogP contribution is -2.65. The third-order valence-electron chi connectivity index (χ3n) is 8.10. The number of aliphatic hydroxyl groups excluding tert-OH is 1. The number of rotatable bonds is 7. The summed E-state index contributed by atoms with van der Waals surface area (Å²) in [5, 5.41) is 19.6. The fraction of sp³-hybridized carbons (Fsp3) is 0.957. The fourth-order valence-electron chi connectivity index (χ4n) is 6.22. The summed E-state index contributed by atoms with van der Waals surface area (Å²) in [5.74, 6) is 2.75. The molecule has 6 atom stereocenters. The minimum absolute atomic E-state index is 0.219. The third kappa shape index (κ3) is 5.09. The van der Waals surface area contributed by atoms with E-state index < -0.39 is 0 Å². The number of methoxy groups -OCH3 is 1. The Labute approximate surface area is 188 Å². The Morgan fingerprint density at radius 2 is 2.10 bits per heavy atom. The maximum Gasteiger partial charge on any atom is 0.251 e. The fourth-order valence-corrected chi connectivity index (χ4v) is 6.22. The molecule has 4 heterocycles. The Kier molecular flexibility index (Phi) is 8.22. The van der Waals surface area contributed by atoms with Crippen LogP contribution in [0.25, 0.3) is 0 Å².